The van der Waals surface area contributed by atoms with Crippen molar-refractivity contribution >= 4 is 5.78 Å². The maximum absolute atomic E-state index is 13.6. The molecule has 0 unspecified atom stereocenters. The normalized spacial score (nSPS) is 39.3. The molecule has 1 aromatic rings. The van der Waals surface area contributed by atoms with Gasteiger partial charge >= 0.3 is 12.4 Å². The number of nitrogens with zero attached hydrogens (tertiary/aromatic N) is 2. The van der Waals surface area contributed by atoms with Crippen molar-refractivity contribution in [3.8, 4) is 0 Å². The molecule has 1 N–H and O–H groups in total. The second-order valence-corrected chi connectivity index (χ2v) is 14.9. The fourth-order valence-electron chi connectivity index (χ4n) is 10.2. The minimum Gasteiger partial charge on any atom is -0.389 e. The zero-order chi connectivity index (χ0) is 31.0. The van der Waals surface area contributed by atoms with Gasteiger partial charge in [0.05, 0.1) is 16.7 Å². The second kappa shape index (κ2) is 10.7. The molecule has 5 aliphatic rings. The number of fused-ring (bicyclic) bond motifs is 5. The maximum Gasteiger partial charge on any atom is 0.416 e. The zero-order valence-electron chi connectivity index (χ0n) is 25.2. The lowest BCUT2D eigenvalue weighted by atomic mass is 9.44. The molecule has 1 saturated heterocycles. The molecule has 4 nitrogen and oxygen atoms in total. The van der Waals surface area contributed by atoms with Crippen LogP contribution >= 0.6 is 0 Å². The first-order valence-electron chi connectivity index (χ1n) is 16.0. The minimum absolute atomic E-state index is 0.0697. The van der Waals surface area contributed by atoms with Crippen LogP contribution in [0, 0.1) is 34.5 Å². The summed E-state index contributed by atoms with van der Waals surface area (Å²) in [6, 6.07) is 1.89. The van der Waals surface area contributed by atoms with Gasteiger partial charge in [0.15, 0.2) is 0 Å². The number of alkyl halides is 6. The predicted molar refractivity (Wildman–Crippen MR) is 150 cm³/mol. The van der Waals surface area contributed by atoms with Gasteiger partial charge in [-0.15, -0.1) is 0 Å². The number of rotatable bonds is 4. The number of Topliss-reactive ketones (excluding diaryl/α,β-unsaturated/α-hetero) is 1. The second-order valence-electron chi connectivity index (χ2n) is 14.9. The van der Waals surface area contributed by atoms with Gasteiger partial charge in [0.25, 0.3) is 0 Å². The van der Waals surface area contributed by atoms with E-state index >= 15 is 0 Å². The van der Waals surface area contributed by atoms with Crippen LogP contribution in [0.5, 0.6) is 0 Å². The van der Waals surface area contributed by atoms with E-state index in [9.17, 15) is 36.2 Å². The number of carbonyl (C=O) groups excluding carboxylic acids is 1. The fourth-order valence-corrected chi connectivity index (χ4v) is 10.2. The Morgan fingerprint density at radius 1 is 0.860 bits per heavy atom. The number of piperazine rings is 1. The van der Waals surface area contributed by atoms with Crippen LogP contribution in [0.15, 0.2) is 18.2 Å². The SMILES string of the molecule is C[C@]12CC[C@](O)(CN3CCN(Cc4ccc(C(F)(F)F)cc4C(F)(F)F)CC3)C[C@@H]1CC[C@@H]1[C@@H]2CC[C@]2(C)C(=O)CC[C@@H]12. The number of hydrogen-bond acceptors (Lipinski definition) is 4. The Labute approximate surface area is 250 Å². The first-order chi connectivity index (χ1) is 20.0. The first kappa shape index (κ1) is 31.3. The Bertz CT molecular complexity index is 1230. The first-order valence-corrected chi connectivity index (χ1v) is 16.0. The number of aliphatic hydroxyl groups is 1. The number of ketones is 1. The van der Waals surface area contributed by atoms with Crippen LogP contribution in [0.3, 0.4) is 0 Å². The van der Waals surface area contributed by atoms with E-state index in [0.29, 0.717) is 62.2 Å². The van der Waals surface area contributed by atoms with Crippen LogP contribution in [0.2, 0.25) is 0 Å². The van der Waals surface area contributed by atoms with Crippen LogP contribution in [0.25, 0.3) is 0 Å². The molecule has 1 heterocycles. The van der Waals surface area contributed by atoms with Crippen LogP contribution in [-0.2, 0) is 23.7 Å². The van der Waals surface area contributed by atoms with Gasteiger partial charge in [-0.3, -0.25) is 14.6 Å². The Morgan fingerprint density at radius 2 is 1.56 bits per heavy atom. The average Bonchev–Trinajstić information content (AvgIpc) is 3.23. The fraction of sp³-hybridized carbons (Fsp3) is 0.788. The molecule has 5 fully saturated rings. The maximum atomic E-state index is 13.6. The van der Waals surface area contributed by atoms with Gasteiger partial charge in [0.1, 0.15) is 5.78 Å². The van der Waals surface area contributed by atoms with E-state index in [1.807, 2.05) is 4.90 Å². The van der Waals surface area contributed by atoms with Crippen LogP contribution < -0.4 is 0 Å². The molecule has 7 atom stereocenters. The summed E-state index contributed by atoms with van der Waals surface area (Å²) in [5.74, 6) is 2.61. The molecule has 240 valence electrons. The average molecular weight is 615 g/mol. The standard InChI is InChI=1S/C33H44F6N2O2/c1-29-11-12-31(43,18-23(29)5-6-24-25-7-8-28(42)30(25,2)10-9-26(24)29)20-41-15-13-40(14-16-41)19-21-3-4-22(32(34,35)36)17-27(21)33(37,38)39/h3-4,17,23-26,43H,5-16,18-20H2,1-2H3/t23-,24-,25-,26-,29-,30-,31+/m0/s1. The van der Waals surface area contributed by atoms with Crippen molar-refractivity contribution in [3.05, 3.63) is 34.9 Å². The molecule has 4 aliphatic carbocycles. The smallest absolute Gasteiger partial charge is 0.389 e. The molecule has 43 heavy (non-hydrogen) atoms. The molecular formula is C33H44F6N2O2. The Hall–Kier alpha value is -1.65. The van der Waals surface area contributed by atoms with E-state index in [2.05, 4.69) is 18.7 Å². The molecule has 6 rings (SSSR count). The topological polar surface area (TPSA) is 43.8 Å². The summed E-state index contributed by atoms with van der Waals surface area (Å²) in [4.78, 5) is 16.8. The molecule has 10 heteroatoms. The van der Waals surface area contributed by atoms with E-state index in [1.54, 1.807) is 0 Å². The van der Waals surface area contributed by atoms with Crippen molar-refractivity contribution in [1.29, 1.82) is 0 Å². The highest BCUT2D eigenvalue weighted by Gasteiger charge is 2.61. The minimum atomic E-state index is -4.87. The van der Waals surface area contributed by atoms with Gasteiger partial charge < -0.3 is 5.11 Å². The zero-order valence-corrected chi connectivity index (χ0v) is 25.2. The van der Waals surface area contributed by atoms with Crippen molar-refractivity contribution in [2.75, 3.05) is 32.7 Å². The Balaban J connectivity index is 1.05. The van der Waals surface area contributed by atoms with Crippen molar-refractivity contribution in [2.24, 2.45) is 34.5 Å². The molecular weight excluding hydrogens is 570 g/mol. The summed E-state index contributed by atoms with van der Waals surface area (Å²) in [6.07, 6.45) is -1.18. The largest absolute Gasteiger partial charge is 0.416 e. The van der Waals surface area contributed by atoms with E-state index in [4.69, 9.17) is 0 Å². The summed E-state index contributed by atoms with van der Waals surface area (Å²) in [7, 11) is 0. The van der Waals surface area contributed by atoms with Gasteiger partial charge in [0, 0.05) is 51.1 Å². The number of β-amino-alcohol motifs (C(OH)–C–C–N with tert-alkyl or cyclic N) is 1. The third kappa shape index (κ3) is 5.66. The quantitative estimate of drug-likeness (QED) is 0.365. The monoisotopic (exact) mass is 614 g/mol. The Kier molecular flexibility index (Phi) is 7.81. The van der Waals surface area contributed by atoms with Crippen molar-refractivity contribution in [1.82, 2.24) is 9.80 Å². The van der Waals surface area contributed by atoms with Gasteiger partial charge in [-0.05, 0) is 98.1 Å². The lowest BCUT2D eigenvalue weighted by molar-refractivity contribution is -0.158. The molecule has 4 saturated carbocycles. The van der Waals surface area contributed by atoms with E-state index < -0.39 is 29.1 Å². The Morgan fingerprint density at radius 3 is 2.23 bits per heavy atom. The van der Waals surface area contributed by atoms with Crippen molar-refractivity contribution in [3.63, 3.8) is 0 Å². The summed E-state index contributed by atoms with van der Waals surface area (Å²) < 4.78 is 80.1. The number of benzene rings is 1. The van der Waals surface area contributed by atoms with E-state index in [-0.39, 0.29) is 29.0 Å². The van der Waals surface area contributed by atoms with Gasteiger partial charge in [-0.25, -0.2) is 0 Å². The van der Waals surface area contributed by atoms with E-state index in [1.165, 1.54) is 0 Å². The van der Waals surface area contributed by atoms with Crippen LogP contribution in [-0.4, -0.2) is 59.0 Å². The highest BCUT2D eigenvalue weighted by Crippen LogP contribution is 2.66. The van der Waals surface area contributed by atoms with Crippen LogP contribution in [0.1, 0.15) is 88.3 Å². The third-order valence-electron chi connectivity index (χ3n) is 12.6. The van der Waals surface area contributed by atoms with Gasteiger partial charge in [-0.2, -0.15) is 26.3 Å². The van der Waals surface area contributed by atoms with Gasteiger partial charge in [0.2, 0.25) is 0 Å². The third-order valence-corrected chi connectivity index (χ3v) is 12.6. The van der Waals surface area contributed by atoms with Crippen molar-refractivity contribution in [2.45, 2.75) is 96.1 Å². The van der Waals surface area contributed by atoms with Crippen molar-refractivity contribution < 1.29 is 36.2 Å². The predicted octanol–water partition coefficient (Wildman–Crippen LogP) is 7.18. The molecule has 0 aromatic heterocycles. The highest BCUT2D eigenvalue weighted by atomic mass is 19.4. The molecule has 1 aliphatic heterocycles. The summed E-state index contributed by atoms with van der Waals surface area (Å²) in [5.41, 5.74) is -3.44. The van der Waals surface area contributed by atoms with Gasteiger partial charge in [-0.1, -0.05) is 19.9 Å². The lowest BCUT2D eigenvalue weighted by Crippen LogP contribution is -2.59. The van der Waals surface area contributed by atoms with Crippen LogP contribution in [0.4, 0.5) is 26.3 Å². The summed E-state index contributed by atoms with van der Waals surface area (Å²) in [5, 5.41) is 11.8. The highest BCUT2D eigenvalue weighted by molar-refractivity contribution is 5.87. The summed E-state index contributed by atoms with van der Waals surface area (Å²) in [6.45, 7) is 7.25. The lowest BCUT2D eigenvalue weighted by Gasteiger charge is -2.61. The number of halogens is 6. The number of carbonyl (C=O) groups is 1. The molecule has 0 bridgehead atoms. The molecule has 0 radical (unpaired) electrons. The molecule has 0 spiro atoms. The van der Waals surface area contributed by atoms with E-state index in [0.717, 1.165) is 69.9 Å². The number of hydrogen-bond donors (Lipinski definition) is 1. The molecule has 1 aromatic carbocycles. The molecule has 0 amide bonds. The summed E-state index contributed by atoms with van der Waals surface area (Å²) >= 11 is 0.